The maximum absolute atomic E-state index is 12.9. The Labute approximate surface area is 199 Å². The average Bonchev–Trinajstić information content (AvgIpc) is 3.14. The molecule has 0 saturated heterocycles. The van der Waals surface area contributed by atoms with Crippen molar-refractivity contribution >= 4 is 33.2 Å². The van der Waals surface area contributed by atoms with E-state index in [4.69, 9.17) is 0 Å². The van der Waals surface area contributed by atoms with Gasteiger partial charge in [0, 0.05) is 12.2 Å². The zero-order valence-corrected chi connectivity index (χ0v) is 21.3. The molecule has 3 rings (SSSR count). The highest BCUT2D eigenvalue weighted by Crippen LogP contribution is 2.28. The summed E-state index contributed by atoms with van der Waals surface area (Å²) < 4.78 is 27.5. The van der Waals surface area contributed by atoms with Gasteiger partial charge in [-0.3, -0.25) is 4.79 Å². The molecule has 0 aliphatic carbocycles. The van der Waals surface area contributed by atoms with E-state index >= 15 is 0 Å². The number of nitrogens with one attached hydrogen (secondary N) is 1. The summed E-state index contributed by atoms with van der Waals surface area (Å²) in [5.41, 5.74) is 3.92. The standard InChI is InChI=1S/C24H30N4O3S2/c1-6-21(23(29)25-20-13-10-17(4)14-18(20)5)32-24-27-26-22(28(24)7-2)15-33(30,31)19-11-8-16(3)9-12-19/h8-14,21H,6-7,15H2,1-5H3,(H,25,29). The van der Waals surface area contributed by atoms with Crippen molar-refractivity contribution < 1.29 is 13.2 Å². The number of hydrogen-bond acceptors (Lipinski definition) is 6. The van der Waals surface area contributed by atoms with Crippen LogP contribution in [-0.2, 0) is 26.9 Å². The largest absolute Gasteiger partial charge is 0.325 e. The van der Waals surface area contributed by atoms with E-state index in [1.807, 2.05) is 52.8 Å². The number of sulfone groups is 1. The zero-order valence-electron chi connectivity index (χ0n) is 19.6. The molecule has 3 aromatic rings. The minimum Gasteiger partial charge on any atom is -0.325 e. The van der Waals surface area contributed by atoms with Gasteiger partial charge in [0.2, 0.25) is 5.91 Å². The maximum atomic E-state index is 12.9. The minimum atomic E-state index is -3.56. The monoisotopic (exact) mass is 486 g/mol. The van der Waals surface area contributed by atoms with Gasteiger partial charge in [-0.2, -0.15) is 0 Å². The van der Waals surface area contributed by atoms with Crippen LogP contribution in [-0.4, -0.2) is 34.3 Å². The van der Waals surface area contributed by atoms with Crippen molar-refractivity contribution in [3.63, 3.8) is 0 Å². The molecule has 7 nitrogen and oxygen atoms in total. The molecule has 0 saturated carbocycles. The fourth-order valence-corrected chi connectivity index (χ4v) is 5.75. The number of aryl methyl sites for hydroxylation is 3. The Morgan fingerprint density at radius 1 is 1.03 bits per heavy atom. The summed E-state index contributed by atoms with van der Waals surface area (Å²) in [6.07, 6.45) is 0.592. The van der Waals surface area contributed by atoms with Crippen molar-refractivity contribution in [3.8, 4) is 0 Å². The molecule has 0 spiro atoms. The van der Waals surface area contributed by atoms with E-state index < -0.39 is 9.84 Å². The Balaban J connectivity index is 1.77. The lowest BCUT2D eigenvalue weighted by atomic mass is 10.1. The highest BCUT2D eigenvalue weighted by Gasteiger charge is 2.25. The number of carbonyl (C=O) groups excluding carboxylic acids is 1. The molecular formula is C24H30N4O3S2. The first-order valence-corrected chi connectivity index (χ1v) is 13.4. The van der Waals surface area contributed by atoms with Gasteiger partial charge in [-0.1, -0.05) is 54.1 Å². The van der Waals surface area contributed by atoms with Gasteiger partial charge in [-0.25, -0.2) is 8.42 Å². The number of anilines is 1. The molecule has 0 fully saturated rings. The molecule has 1 heterocycles. The second-order valence-corrected chi connectivity index (χ2v) is 11.2. The van der Waals surface area contributed by atoms with Gasteiger partial charge >= 0.3 is 0 Å². The van der Waals surface area contributed by atoms with Crippen molar-refractivity contribution in [2.24, 2.45) is 0 Å². The summed E-state index contributed by atoms with van der Waals surface area (Å²) in [7, 11) is -3.56. The number of aromatic nitrogens is 3. The van der Waals surface area contributed by atoms with Crippen LogP contribution in [0.4, 0.5) is 5.69 Å². The fourth-order valence-electron chi connectivity index (χ4n) is 3.45. The Morgan fingerprint density at radius 3 is 2.30 bits per heavy atom. The van der Waals surface area contributed by atoms with Crippen LogP contribution in [0.25, 0.3) is 0 Å². The Bertz CT molecular complexity index is 1240. The third-order valence-electron chi connectivity index (χ3n) is 5.36. The number of benzene rings is 2. The quantitative estimate of drug-likeness (QED) is 0.440. The predicted molar refractivity (Wildman–Crippen MR) is 132 cm³/mol. The average molecular weight is 487 g/mol. The number of thioether (sulfide) groups is 1. The van der Waals surface area contributed by atoms with Crippen LogP contribution in [0.5, 0.6) is 0 Å². The Kier molecular flexibility index (Phi) is 7.97. The molecule has 33 heavy (non-hydrogen) atoms. The summed E-state index contributed by atoms with van der Waals surface area (Å²) in [6, 6.07) is 12.7. The topological polar surface area (TPSA) is 93.9 Å². The van der Waals surface area contributed by atoms with Crippen LogP contribution in [0.1, 0.15) is 42.8 Å². The summed E-state index contributed by atoms with van der Waals surface area (Å²) in [5, 5.41) is 11.5. The Morgan fingerprint density at radius 2 is 1.70 bits per heavy atom. The molecule has 0 bridgehead atoms. The van der Waals surface area contributed by atoms with Gasteiger partial charge in [0.1, 0.15) is 11.6 Å². The first kappa shape index (κ1) is 25.0. The highest BCUT2D eigenvalue weighted by molar-refractivity contribution is 8.00. The first-order chi connectivity index (χ1) is 15.6. The molecule has 2 aromatic carbocycles. The van der Waals surface area contributed by atoms with Gasteiger partial charge in [0.15, 0.2) is 15.0 Å². The lowest BCUT2D eigenvalue weighted by molar-refractivity contribution is -0.115. The molecule has 0 aliphatic heterocycles. The molecule has 1 N–H and O–H groups in total. The molecule has 0 radical (unpaired) electrons. The fraction of sp³-hybridized carbons (Fsp3) is 0.375. The van der Waals surface area contributed by atoms with Crippen LogP contribution >= 0.6 is 11.8 Å². The number of amides is 1. The Hall–Kier alpha value is -2.65. The van der Waals surface area contributed by atoms with Gasteiger partial charge < -0.3 is 9.88 Å². The highest BCUT2D eigenvalue weighted by atomic mass is 32.2. The molecule has 0 aliphatic rings. The molecule has 1 aromatic heterocycles. The van der Waals surface area contributed by atoms with Crippen LogP contribution in [0.15, 0.2) is 52.5 Å². The molecule has 9 heteroatoms. The second kappa shape index (κ2) is 10.5. The third kappa shape index (κ3) is 6.03. The van der Waals surface area contributed by atoms with Crippen molar-refractivity contribution in [2.75, 3.05) is 5.32 Å². The van der Waals surface area contributed by atoms with E-state index in [-0.39, 0.29) is 21.8 Å². The van der Waals surface area contributed by atoms with Crippen molar-refractivity contribution in [1.82, 2.24) is 14.8 Å². The van der Waals surface area contributed by atoms with Crippen LogP contribution in [0, 0.1) is 20.8 Å². The molecule has 1 atom stereocenters. The normalized spacial score (nSPS) is 12.5. The molecule has 176 valence electrons. The van der Waals surface area contributed by atoms with E-state index in [0.29, 0.717) is 23.9 Å². The van der Waals surface area contributed by atoms with E-state index in [9.17, 15) is 13.2 Å². The molecule has 1 unspecified atom stereocenters. The number of hydrogen-bond donors (Lipinski definition) is 1. The SMILES string of the molecule is CCC(Sc1nnc(CS(=O)(=O)c2ccc(C)cc2)n1CC)C(=O)Nc1ccc(C)cc1C. The molecular weight excluding hydrogens is 456 g/mol. The van der Waals surface area contributed by atoms with Gasteiger partial charge in [-0.05, 0) is 57.9 Å². The smallest absolute Gasteiger partial charge is 0.237 e. The van der Waals surface area contributed by atoms with Crippen molar-refractivity contribution in [2.45, 2.75) is 68.6 Å². The van der Waals surface area contributed by atoms with Crippen LogP contribution < -0.4 is 5.32 Å². The second-order valence-electron chi connectivity index (χ2n) is 8.04. The van der Waals surface area contributed by atoms with Gasteiger partial charge in [0.05, 0.1) is 10.1 Å². The first-order valence-electron chi connectivity index (χ1n) is 10.9. The van der Waals surface area contributed by atoms with Crippen LogP contribution in [0.3, 0.4) is 0 Å². The summed E-state index contributed by atoms with van der Waals surface area (Å²) in [5.74, 6) is 0.00220. The number of carbonyl (C=O) groups is 1. The van der Waals surface area contributed by atoms with E-state index in [1.54, 1.807) is 28.8 Å². The maximum Gasteiger partial charge on any atom is 0.237 e. The van der Waals surface area contributed by atoms with Gasteiger partial charge in [-0.15, -0.1) is 10.2 Å². The van der Waals surface area contributed by atoms with E-state index in [1.165, 1.54) is 11.8 Å². The lowest BCUT2D eigenvalue weighted by Gasteiger charge is -2.16. The zero-order chi connectivity index (χ0) is 24.2. The minimum absolute atomic E-state index is 0.117. The van der Waals surface area contributed by atoms with E-state index in [0.717, 1.165) is 22.4 Å². The van der Waals surface area contributed by atoms with Gasteiger partial charge in [0.25, 0.3) is 0 Å². The van der Waals surface area contributed by atoms with Crippen molar-refractivity contribution in [3.05, 3.63) is 65.0 Å². The summed E-state index contributed by atoms with van der Waals surface area (Å²) in [6.45, 7) is 10.2. The third-order valence-corrected chi connectivity index (χ3v) is 8.33. The summed E-state index contributed by atoms with van der Waals surface area (Å²) in [4.78, 5) is 13.2. The predicted octanol–water partition coefficient (Wildman–Crippen LogP) is 4.71. The number of rotatable bonds is 9. The number of nitrogens with zero attached hydrogens (tertiary/aromatic N) is 3. The van der Waals surface area contributed by atoms with E-state index in [2.05, 4.69) is 15.5 Å². The lowest BCUT2D eigenvalue weighted by Crippen LogP contribution is -2.25. The van der Waals surface area contributed by atoms with Crippen LogP contribution in [0.2, 0.25) is 0 Å². The van der Waals surface area contributed by atoms with Crippen molar-refractivity contribution in [1.29, 1.82) is 0 Å². The summed E-state index contributed by atoms with van der Waals surface area (Å²) >= 11 is 1.30. The molecule has 1 amide bonds.